The predicted molar refractivity (Wildman–Crippen MR) is 545 cm³/mol. The van der Waals surface area contributed by atoms with Crippen LogP contribution in [0.15, 0.2) is 411 Å². The number of ketones is 1. The summed E-state index contributed by atoms with van der Waals surface area (Å²) < 4.78 is 52.6. The number of ether oxygens (including phenoxy) is 2. The number of benzene rings is 15. The summed E-state index contributed by atoms with van der Waals surface area (Å²) in [6.07, 6.45) is 7.47. The van der Waals surface area contributed by atoms with Crippen LogP contribution in [-0.4, -0.2) is 49.7 Å². The molecule has 22 rings (SSSR count). The SMILES string of the molecule is CC(=O)c1cccc(-n2sc3ccccc3c2=O)c1.CC(F)(F)c1ccc(-c2cccc(-n3sc4ccccc4c3=O)c2)cc1.COC(=O)c1cccc(-n2sc3ccccc3c2=O)c1.COc1ccc(-c2cccc(-n3sc4ccccc4c3=O)c2)cc1.Cc1ccc(-c2cccc(-n3sc4ccccc4c3=O)c2)cc1.O=c1c2ccccc2sn1-c1cccc(C2=CCC=C2)c1. The van der Waals surface area contributed by atoms with Crippen molar-refractivity contribution in [2.75, 3.05) is 14.2 Å². The van der Waals surface area contributed by atoms with Crippen LogP contribution < -0.4 is 38.1 Å². The number of aromatic nitrogens is 6. The molecule has 0 radical (unpaired) electrons. The first-order chi connectivity index (χ1) is 64.6. The van der Waals surface area contributed by atoms with Crippen molar-refractivity contribution in [3.05, 3.63) is 472 Å². The molecule has 6 aromatic heterocycles. The topological polar surface area (TPSA) is 185 Å². The van der Waals surface area contributed by atoms with E-state index in [1.807, 2.05) is 243 Å². The fourth-order valence-corrected chi connectivity index (χ4v) is 20.9. The average Bonchev–Trinajstić information content (AvgIpc) is 1.68. The Balaban J connectivity index is 0.000000112. The highest BCUT2D eigenvalue weighted by Gasteiger charge is 2.25. The van der Waals surface area contributed by atoms with Crippen LogP contribution in [0.1, 0.15) is 57.7 Å². The number of allylic oxidation sites excluding steroid dienone is 4. The van der Waals surface area contributed by atoms with E-state index >= 15 is 0 Å². The van der Waals surface area contributed by atoms with E-state index in [-0.39, 0.29) is 44.7 Å². The molecule has 21 aromatic rings. The number of nitrogens with zero attached hydrogens (tertiary/aromatic N) is 6. The lowest BCUT2D eigenvalue weighted by Crippen LogP contribution is -2.11. The Bertz CT molecular complexity index is 8380. The monoisotopic (exact) mass is 1860 g/mol. The van der Waals surface area contributed by atoms with Gasteiger partial charge in [-0.25, -0.2) is 37.3 Å². The van der Waals surface area contributed by atoms with Crippen molar-refractivity contribution in [1.82, 2.24) is 23.7 Å². The number of fused-ring (bicyclic) bond motifs is 6. The molecule has 1 aliphatic rings. The summed E-state index contributed by atoms with van der Waals surface area (Å²) in [5.41, 5.74) is 15.6. The van der Waals surface area contributed by atoms with E-state index in [1.165, 1.54) is 106 Å². The molecule has 0 spiro atoms. The Morgan fingerprint density at radius 2 is 0.594 bits per heavy atom. The Morgan fingerprint density at radius 3 is 0.887 bits per heavy atom. The molecule has 15 aromatic carbocycles. The van der Waals surface area contributed by atoms with Gasteiger partial charge in [-0.1, -0.05) is 293 Å². The third-order valence-corrected chi connectivity index (χ3v) is 28.6. The number of esters is 1. The third-order valence-electron chi connectivity index (χ3n) is 21.9. The van der Waals surface area contributed by atoms with Gasteiger partial charge in [-0.2, -0.15) is 0 Å². The largest absolute Gasteiger partial charge is 0.497 e. The number of carbonyl (C=O) groups is 2. The van der Waals surface area contributed by atoms with Crippen molar-refractivity contribution in [3.63, 3.8) is 0 Å². The number of alkyl halides is 2. The molecule has 0 unspecified atom stereocenters. The molecule has 0 atom stereocenters. The van der Waals surface area contributed by atoms with E-state index in [0.29, 0.717) is 33.0 Å². The zero-order valence-electron chi connectivity index (χ0n) is 72.1. The Kier molecular flexibility index (Phi) is 27.0. The molecule has 0 N–H and O–H groups in total. The lowest BCUT2D eigenvalue weighted by Gasteiger charge is -2.11. The van der Waals surface area contributed by atoms with Crippen molar-refractivity contribution >= 4 is 147 Å². The van der Waals surface area contributed by atoms with Crippen molar-refractivity contribution in [3.8, 4) is 73.3 Å². The van der Waals surface area contributed by atoms with Crippen molar-refractivity contribution in [2.45, 2.75) is 33.1 Å². The van der Waals surface area contributed by atoms with E-state index in [2.05, 4.69) is 73.7 Å². The first kappa shape index (κ1) is 89.7. The highest BCUT2D eigenvalue weighted by molar-refractivity contribution is 7.16. The minimum absolute atomic E-state index is 0.00369. The molecule has 24 heteroatoms. The van der Waals surface area contributed by atoms with E-state index in [4.69, 9.17) is 9.47 Å². The first-order valence-electron chi connectivity index (χ1n) is 42.1. The number of aryl methyl sites for hydroxylation is 1. The van der Waals surface area contributed by atoms with Crippen molar-refractivity contribution in [2.24, 2.45) is 0 Å². The maximum atomic E-state index is 13.4. The molecule has 656 valence electrons. The van der Waals surface area contributed by atoms with Crippen molar-refractivity contribution in [1.29, 1.82) is 0 Å². The van der Waals surface area contributed by atoms with Gasteiger partial charge < -0.3 is 9.47 Å². The molecule has 0 bridgehead atoms. The second kappa shape index (κ2) is 40.0. The van der Waals surface area contributed by atoms with E-state index in [1.54, 1.807) is 91.5 Å². The third kappa shape index (κ3) is 19.9. The summed E-state index contributed by atoms with van der Waals surface area (Å²) in [5.74, 6) is -2.45. The van der Waals surface area contributed by atoms with Gasteiger partial charge in [-0.15, -0.1) is 0 Å². The summed E-state index contributed by atoms with van der Waals surface area (Å²) >= 11 is 8.59. The molecule has 0 amide bonds. The molecular formula is C109H80F2N6O10S6. The van der Waals surface area contributed by atoms with Gasteiger partial charge in [-0.3, -0.25) is 33.6 Å². The summed E-state index contributed by atoms with van der Waals surface area (Å²) in [6.45, 7) is 4.49. The summed E-state index contributed by atoms with van der Waals surface area (Å²) in [7, 11) is 2.99. The lowest BCUT2D eigenvalue weighted by atomic mass is 10.0. The van der Waals surface area contributed by atoms with Crippen LogP contribution in [-0.2, 0) is 10.7 Å². The van der Waals surface area contributed by atoms with Gasteiger partial charge in [0.05, 0.1) is 114 Å². The van der Waals surface area contributed by atoms with Crippen LogP contribution in [0.5, 0.6) is 5.75 Å². The maximum absolute atomic E-state index is 13.4. The van der Waals surface area contributed by atoms with Gasteiger partial charge in [0.2, 0.25) is 0 Å². The molecule has 133 heavy (non-hydrogen) atoms. The lowest BCUT2D eigenvalue weighted by molar-refractivity contribution is 0.0174. The van der Waals surface area contributed by atoms with Crippen LogP contribution in [0.25, 0.3) is 134 Å². The summed E-state index contributed by atoms with van der Waals surface area (Å²) in [5, 5.41) is 4.41. The summed E-state index contributed by atoms with van der Waals surface area (Å²) in [4.78, 5) is 97.9. The maximum Gasteiger partial charge on any atom is 0.337 e. The standard InChI is InChI=1S/C21H15F2NOS.C20H15NO2S.C20H15NOS.C18H13NOS.C15H11NO3S.C15H11NO2S/c1-21(22,23)16-11-9-14(10-12-16)15-5-4-6-17(13-15)24-20(25)18-7-2-3-8-19(18)26-24;1-23-17-11-9-14(10-12-17)15-5-4-6-16(13-15)21-20(22)18-7-2-3-8-19(18)24-21;1-14-9-11-15(12-10-14)16-5-4-6-17(13-16)21-20(22)18-7-2-3-8-19(18)23-21;20-18-16-10-3-4-11-17(16)21-19(18)15-9-5-8-14(12-15)13-6-1-2-7-13;1-19-15(18)10-5-4-6-11(9-10)16-14(17)12-7-2-3-8-13(12)20-16;1-10(17)11-5-4-6-12(9-11)16-15(18)13-7-2-3-8-14(13)19-16/h2-13H,1H3;2-13H,1H3;2-13H,1H3;1,3-12H,2H2;2-9H,1H3;2-9H,1H3. The second-order valence-electron chi connectivity index (χ2n) is 30.8. The number of halogens is 2. The van der Waals surface area contributed by atoms with Crippen LogP contribution in [0.2, 0.25) is 0 Å². The van der Waals surface area contributed by atoms with Crippen LogP contribution >= 0.6 is 69.2 Å². The van der Waals surface area contributed by atoms with Gasteiger partial charge in [-0.05, 0) is 229 Å². The zero-order valence-corrected chi connectivity index (χ0v) is 77.0. The Labute approximate surface area is 785 Å². The van der Waals surface area contributed by atoms with Gasteiger partial charge in [0, 0.05) is 18.1 Å². The number of Topliss-reactive ketones (excluding diaryl/α,β-unsaturated/α-hetero) is 1. The first-order valence-corrected chi connectivity index (χ1v) is 46.7. The average molecular weight is 1860 g/mol. The molecule has 0 saturated carbocycles. The number of carbonyl (C=O) groups excluding carboxylic acids is 2. The molecule has 0 fully saturated rings. The molecular weight excluding hydrogens is 1780 g/mol. The van der Waals surface area contributed by atoms with Gasteiger partial charge in [0.25, 0.3) is 39.3 Å². The quantitative estimate of drug-likeness (QED) is 0.0749. The Morgan fingerprint density at radius 1 is 0.316 bits per heavy atom. The van der Waals surface area contributed by atoms with Gasteiger partial charge in [0.1, 0.15) is 5.75 Å². The number of hydrogen-bond acceptors (Lipinski definition) is 16. The summed E-state index contributed by atoms with van der Waals surface area (Å²) in [6, 6.07) is 114. The number of hydrogen-bond donors (Lipinski definition) is 0. The molecule has 0 saturated heterocycles. The van der Waals surface area contributed by atoms with Crippen LogP contribution in [0, 0.1) is 6.92 Å². The molecule has 16 nitrogen and oxygen atoms in total. The van der Waals surface area contributed by atoms with Gasteiger partial charge >= 0.3 is 5.97 Å². The number of rotatable bonds is 14. The van der Waals surface area contributed by atoms with E-state index < -0.39 is 11.9 Å². The van der Waals surface area contributed by atoms with Crippen LogP contribution in [0.3, 0.4) is 0 Å². The zero-order chi connectivity index (χ0) is 92.4. The second-order valence-corrected chi connectivity index (χ2v) is 36.8. The molecule has 6 heterocycles. The molecule has 1 aliphatic carbocycles. The Hall–Kier alpha value is -15.3. The van der Waals surface area contributed by atoms with E-state index in [0.717, 1.165) is 131 Å². The fraction of sp³-hybridized carbons (Fsp3) is 0.0642. The smallest absolute Gasteiger partial charge is 0.337 e. The van der Waals surface area contributed by atoms with Crippen LogP contribution in [0.4, 0.5) is 8.78 Å². The normalized spacial score (nSPS) is 11.5. The number of methoxy groups -OCH3 is 2. The van der Waals surface area contributed by atoms with E-state index in [9.17, 15) is 47.1 Å². The predicted octanol–water partition coefficient (Wildman–Crippen LogP) is 26.1. The van der Waals surface area contributed by atoms with Gasteiger partial charge in [0.15, 0.2) is 5.78 Å². The van der Waals surface area contributed by atoms with Crippen molar-refractivity contribution < 1.29 is 27.8 Å². The highest BCUT2D eigenvalue weighted by atomic mass is 32.1. The fourth-order valence-electron chi connectivity index (χ4n) is 15.0. The highest BCUT2D eigenvalue weighted by Crippen LogP contribution is 2.35. The minimum Gasteiger partial charge on any atom is -0.497 e. The molecule has 0 aliphatic heterocycles. The minimum atomic E-state index is -2.86.